The van der Waals surface area contributed by atoms with Gasteiger partial charge in [0.2, 0.25) is 0 Å². The van der Waals surface area contributed by atoms with E-state index in [1.54, 1.807) is 0 Å². The van der Waals surface area contributed by atoms with Crippen molar-refractivity contribution < 1.29 is 0 Å². The number of hydrogen-bond acceptors (Lipinski definition) is 2. The van der Waals surface area contributed by atoms with Crippen LogP contribution in [0.2, 0.25) is 0 Å². The lowest BCUT2D eigenvalue weighted by Gasteiger charge is -2.27. The van der Waals surface area contributed by atoms with Crippen LogP contribution in [0.3, 0.4) is 0 Å². The predicted molar refractivity (Wildman–Crippen MR) is 76.2 cm³/mol. The summed E-state index contributed by atoms with van der Waals surface area (Å²) in [5.41, 5.74) is 8.50. The van der Waals surface area contributed by atoms with Gasteiger partial charge in [0, 0.05) is 0 Å². The Morgan fingerprint density at radius 3 is 2.35 bits per heavy atom. The van der Waals surface area contributed by atoms with Crippen molar-refractivity contribution in [3.8, 4) is 0 Å². The molecule has 0 radical (unpaired) electrons. The quantitative estimate of drug-likeness (QED) is 0.831. The topological polar surface area (TPSA) is 29.3 Å². The van der Waals surface area contributed by atoms with Gasteiger partial charge in [-0.15, -0.1) is 0 Å². The Bertz CT molecular complexity index is 380. The average Bonchev–Trinajstić information content (AvgIpc) is 2.83. The third-order valence-corrected chi connectivity index (χ3v) is 3.70. The summed E-state index contributed by atoms with van der Waals surface area (Å²) in [6.45, 7) is 4.38. The first-order valence-corrected chi connectivity index (χ1v) is 6.75. The molecule has 1 unspecified atom stereocenters. The zero-order valence-electron chi connectivity index (χ0n) is 10.4. The van der Waals surface area contributed by atoms with Crippen molar-refractivity contribution in [2.45, 2.75) is 32.2 Å². The van der Waals surface area contributed by atoms with Gasteiger partial charge >= 0.3 is 0 Å². The van der Waals surface area contributed by atoms with Crippen molar-refractivity contribution in [3.05, 3.63) is 35.4 Å². The Hall–Kier alpha value is -0.930. The SMILES string of the molecule is CCc1ccc(C(C(N)=S)N2CCCC2)cc1. The third kappa shape index (κ3) is 2.85. The van der Waals surface area contributed by atoms with Crippen LogP contribution in [0.1, 0.15) is 36.9 Å². The molecule has 2 nitrogen and oxygen atoms in total. The van der Waals surface area contributed by atoms with E-state index in [-0.39, 0.29) is 6.04 Å². The van der Waals surface area contributed by atoms with Gasteiger partial charge in [-0.25, -0.2) is 0 Å². The van der Waals surface area contributed by atoms with Crippen molar-refractivity contribution in [2.24, 2.45) is 5.73 Å². The molecule has 3 heteroatoms. The Balaban J connectivity index is 2.22. The van der Waals surface area contributed by atoms with E-state index in [0.29, 0.717) is 4.99 Å². The average molecular weight is 248 g/mol. The maximum atomic E-state index is 5.91. The van der Waals surface area contributed by atoms with Crippen molar-refractivity contribution in [1.29, 1.82) is 0 Å². The van der Waals surface area contributed by atoms with Gasteiger partial charge in [-0.2, -0.15) is 0 Å². The fraction of sp³-hybridized carbons (Fsp3) is 0.500. The highest BCUT2D eigenvalue weighted by molar-refractivity contribution is 7.80. The molecule has 0 bridgehead atoms. The molecule has 92 valence electrons. The van der Waals surface area contributed by atoms with Gasteiger partial charge in [-0.05, 0) is 43.5 Å². The summed E-state index contributed by atoms with van der Waals surface area (Å²) in [6, 6.07) is 8.81. The van der Waals surface area contributed by atoms with Gasteiger partial charge in [0.05, 0.1) is 11.0 Å². The first-order valence-electron chi connectivity index (χ1n) is 6.34. The van der Waals surface area contributed by atoms with E-state index in [9.17, 15) is 0 Å². The maximum absolute atomic E-state index is 5.91. The van der Waals surface area contributed by atoms with Crippen LogP contribution in [0.5, 0.6) is 0 Å². The summed E-state index contributed by atoms with van der Waals surface area (Å²) < 4.78 is 0. The van der Waals surface area contributed by atoms with E-state index in [1.807, 2.05) is 0 Å². The van der Waals surface area contributed by atoms with Crippen LogP contribution in [0.4, 0.5) is 0 Å². The minimum absolute atomic E-state index is 0.124. The summed E-state index contributed by atoms with van der Waals surface area (Å²) in [4.78, 5) is 2.99. The van der Waals surface area contributed by atoms with Crippen LogP contribution in [0, 0.1) is 0 Å². The monoisotopic (exact) mass is 248 g/mol. The molecule has 1 atom stereocenters. The molecule has 2 N–H and O–H groups in total. The zero-order valence-corrected chi connectivity index (χ0v) is 11.2. The summed E-state index contributed by atoms with van der Waals surface area (Å²) in [5.74, 6) is 0. The largest absolute Gasteiger partial charge is 0.392 e. The van der Waals surface area contributed by atoms with E-state index in [0.717, 1.165) is 19.5 Å². The highest BCUT2D eigenvalue weighted by Crippen LogP contribution is 2.25. The van der Waals surface area contributed by atoms with Crippen molar-refractivity contribution in [2.75, 3.05) is 13.1 Å². The third-order valence-electron chi connectivity index (χ3n) is 3.48. The van der Waals surface area contributed by atoms with Crippen molar-refractivity contribution in [3.63, 3.8) is 0 Å². The Labute approximate surface area is 109 Å². The van der Waals surface area contributed by atoms with E-state index in [1.165, 1.54) is 24.0 Å². The molecule has 17 heavy (non-hydrogen) atoms. The van der Waals surface area contributed by atoms with Gasteiger partial charge in [-0.1, -0.05) is 43.4 Å². The summed E-state index contributed by atoms with van der Waals surface area (Å²) in [6.07, 6.45) is 3.58. The fourth-order valence-corrected chi connectivity index (χ4v) is 2.78. The Kier molecular flexibility index (Phi) is 4.13. The van der Waals surface area contributed by atoms with Gasteiger partial charge < -0.3 is 5.73 Å². The second-order valence-corrected chi connectivity index (χ2v) is 5.11. The summed E-state index contributed by atoms with van der Waals surface area (Å²) in [7, 11) is 0. The van der Waals surface area contributed by atoms with Gasteiger partial charge in [-0.3, -0.25) is 4.90 Å². The molecule has 1 aliphatic heterocycles. The smallest absolute Gasteiger partial charge is 0.0948 e. The molecule has 1 heterocycles. The van der Waals surface area contributed by atoms with Crippen LogP contribution < -0.4 is 5.73 Å². The number of hydrogen-bond donors (Lipinski definition) is 1. The van der Waals surface area contributed by atoms with Crippen LogP contribution in [-0.4, -0.2) is 23.0 Å². The van der Waals surface area contributed by atoms with Gasteiger partial charge in [0.25, 0.3) is 0 Å². The molecule has 1 aliphatic rings. The first-order chi connectivity index (χ1) is 8.22. The van der Waals surface area contributed by atoms with Gasteiger partial charge in [0.15, 0.2) is 0 Å². The molecule has 1 fully saturated rings. The normalized spacial score (nSPS) is 18.2. The molecule has 2 rings (SSSR count). The summed E-state index contributed by atoms with van der Waals surface area (Å²) >= 11 is 5.23. The second-order valence-electron chi connectivity index (χ2n) is 4.64. The molecule has 0 spiro atoms. The number of nitrogens with zero attached hydrogens (tertiary/aromatic N) is 1. The summed E-state index contributed by atoms with van der Waals surface area (Å²) in [5, 5.41) is 0. The van der Waals surface area contributed by atoms with Crippen LogP contribution in [0.25, 0.3) is 0 Å². The molecule has 0 amide bonds. The Morgan fingerprint density at radius 2 is 1.88 bits per heavy atom. The van der Waals surface area contributed by atoms with Crippen LogP contribution in [0.15, 0.2) is 24.3 Å². The minimum Gasteiger partial charge on any atom is -0.392 e. The van der Waals surface area contributed by atoms with E-state index >= 15 is 0 Å². The standard InChI is InChI=1S/C14H20N2S/c1-2-11-5-7-12(8-6-11)13(14(15)17)16-9-3-4-10-16/h5-8,13H,2-4,9-10H2,1H3,(H2,15,17). The molecule has 1 saturated heterocycles. The molecule has 0 aliphatic carbocycles. The lowest BCUT2D eigenvalue weighted by Crippen LogP contribution is -2.34. The molecule has 1 aromatic carbocycles. The molecular formula is C14H20N2S. The van der Waals surface area contributed by atoms with Crippen LogP contribution in [-0.2, 0) is 6.42 Å². The molecular weight excluding hydrogens is 228 g/mol. The Morgan fingerprint density at radius 1 is 1.29 bits per heavy atom. The number of benzene rings is 1. The first kappa shape index (κ1) is 12.5. The number of likely N-dealkylation sites (tertiary alicyclic amines) is 1. The molecule has 0 aromatic heterocycles. The minimum atomic E-state index is 0.124. The van der Waals surface area contributed by atoms with Crippen molar-refractivity contribution >= 4 is 17.2 Å². The van der Waals surface area contributed by atoms with E-state index < -0.39 is 0 Å². The van der Waals surface area contributed by atoms with E-state index in [2.05, 4.69) is 36.1 Å². The fourth-order valence-electron chi connectivity index (χ4n) is 2.49. The van der Waals surface area contributed by atoms with Crippen molar-refractivity contribution in [1.82, 2.24) is 4.90 Å². The number of rotatable bonds is 4. The highest BCUT2D eigenvalue weighted by Gasteiger charge is 2.25. The number of aryl methyl sites for hydroxylation is 1. The van der Waals surface area contributed by atoms with E-state index in [4.69, 9.17) is 18.0 Å². The van der Waals surface area contributed by atoms with Crippen LogP contribution >= 0.6 is 12.2 Å². The number of nitrogens with two attached hydrogens (primary N) is 1. The second kappa shape index (κ2) is 5.61. The number of thiocarbonyl (C=S) groups is 1. The predicted octanol–water partition coefficient (Wildman–Crippen LogP) is 2.67. The molecule has 0 saturated carbocycles. The highest BCUT2D eigenvalue weighted by atomic mass is 32.1. The lowest BCUT2D eigenvalue weighted by atomic mass is 10.0. The van der Waals surface area contributed by atoms with Gasteiger partial charge in [0.1, 0.15) is 0 Å². The molecule has 1 aromatic rings. The zero-order chi connectivity index (χ0) is 12.3. The lowest BCUT2D eigenvalue weighted by molar-refractivity contribution is 0.305. The maximum Gasteiger partial charge on any atom is 0.0948 e.